The maximum atomic E-state index is 15.6. The molecular weight excluding hydrogens is 400 g/mol. The molecule has 148 valence electrons. The first kappa shape index (κ1) is 19.3. The Kier molecular flexibility index (Phi) is 4.72. The number of aliphatic imine (C=N–C) groups is 1. The summed E-state index contributed by atoms with van der Waals surface area (Å²) in [6.45, 7) is -0.377. The first-order valence-electron chi connectivity index (χ1n) is 8.59. The number of hydrogen-bond donors (Lipinski definition) is 2. The summed E-state index contributed by atoms with van der Waals surface area (Å²) in [6, 6.07) is 8.61. The van der Waals surface area contributed by atoms with Crippen LogP contribution in [0.2, 0.25) is 0 Å². The van der Waals surface area contributed by atoms with E-state index in [4.69, 9.17) is 15.7 Å². The molecule has 4 rings (SSSR count). The van der Waals surface area contributed by atoms with Gasteiger partial charge in [-0.15, -0.1) is 0 Å². The molecule has 1 aromatic carbocycles. The van der Waals surface area contributed by atoms with Crippen LogP contribution in [0.4, 0.5) is 14.5 Å². The predicted molar refractivity (Wildman–Crippen MR) is 104 cm³/mol. The van der Waals surface area contributed by atoms with E-state index in [9.17, 15) is 9.18 Å². The Morgan fingerprint density at radius 3 is 2.90 bits per heavy atom. The van der Waals surface area contributed by atoms with Gasteiger partial charge in [0.05, 0.1) is 18.8 Å². The zero-order chi connectivity index (χ0) is 20.6. The van der Waals surface area contributed by atoms with Crippen LogP contribution in [0.25, 0.3) is 0 Å². The number of aromatic nitrogens is 1. The van der Waals surface area contributed by atoms with Gasteiger partial charge in [-0.2, -0.15) is 5.26 Å². The lowest BCUT2D eigenvalue weighted by atomic mass is 9.79. The Morgan fingerprint density at radius 1 is 1.34 bits per heavy atom. The van der Waals surface area contributed by atoms with Crippen LogP contribution in [0.3, 0.4) is 0 Å². The molecule has 1 fully saturated rings. The van der Waals surface area contributed by atoms with Crippen molar-refractivity contribution in [1.29, 1.82) is 5.26 Å². The van der Waals surface area contributed by atoms with Gasteiger partial charge in [-0.3, -0.25) is 4.79 Å². The highest BCUT2D eigenvalue weighted by Gasteiger charge is 2.61. The van der Waals surface area contributed by atoms with Gasteiger partial charge < -0.3 is 15.8 Å². The van der Waals surface area contributed by atoms with Crippen LogP contribution in [0.1, 0.15) is 21.6 Å². The molecule has 3 N–H and O–H groups in total. The van der Waals surface area contributed by atoms with Crippen LogP contribution in [-0.2, 0) is 10.3 Å². The second kappa shape index (κ2) is 7.09. The molecule has 0 radical (unpaired) electrons. The van der Waals surface area contributed by atoms with Gasteiger partial charge >= 0.3 is 0 Å². The first-order valence-corrected chi connectivity index (χ1v) is 9.58. The molecule has 7 nitrogen and oxygen atoms in total. The molecule has 2 aromatic rings. The second-order valence-corrected chi connectivity index (χ2v) is 7.75. The summed E-state index contributed by atoms with van der Waals surface area (Å²) >= 11 is 1.06. The van der Waals surface area contributed by atoms with Crippen molar-refractivity contribution < 1.29 is 18.3 Å². The zero-order valence-electron chi connectivity index (χ0n) is 15.0. The van der Waals surface area contributed by atoms with E-state index in [0.717, 1.165) is 17.8 Å². The Morgan fingerprint density at radius 2 is 2.17 bits per heavy atom. The van der Waals surface area contributed by atoms with Crippen molar-refractivity contribution in [2.45, 2.75) is 11.2 Å². The fourth-order valence-corrected chi connectivity index (χ4v) is 4.32. The normalized spacial score (nSPS) is 25.6. The topological polar surface area (TPSA) is 113 Å². The zero-order valence-corrected chi connectivity index (χ0v) is 15.8. The Balaban J connectivity index is 1.68. The van der Waals surface area contributed by atoms with E-state index >= 15 is 4.39 Å². The number of nitrogens with one attached hydrogen (secondary N) is 1. The molecule has 0 spiro atoms. The minimum absolute atomic E-state index is 0.00643. The highest BCUT2D eigenvalue weighted by molar-refractivity contribution is 8.13. The summed E-state index contributed by atoms with van der Waals surface area (Å²) in [5.74, 6) is -1.23. The van der Waals surface area contributed by atoms with Gasteiger partial charge in [0.25, 0.3) is 5.91 Å². The Bertz CT molecular complexity index is 1060. The largest absolute Gasteiger partial charge is 0.379 e. The van der Waals surface area contributed by atoms with Gasteiger partial charge in [-0.05, 0) is 30.3 Å². The highest BCUT2D eigenvalue weighted by Crippen LogP contribution is 2.50. The van der Waals surface area contributed by atoms with Gasteiger partial charge in [0, 0.05) is 23.2 Å². The van der Waals surface area contributed by atoms with E-state index in [0.29, 0.717) is 5.56 Å². The summed E-state index contributed by atoms with van der Waals surface area (Å²) < 4.78 is 35.6. The molecule has 1 saturated heterocycles. The third-order valence-electron chi connectivity index (χ3n) is 4.93. The summed E-state index contributed by atoms with van der Waals surface area (Å²) in [6.07, 6.45) is 1.27. The van der Waals surface area contributed by atoms with Crippen LogP contribution in [0, 0.1) is 17.1 Å². The first-order chi connectivity index (χ1) is 13.9. The molecule has 10 heteroatoms. The van der Waals surface area contributed by atoms with Gasteiger partial charge in [-0.25, -0.2) is 18.8 Å². The van der Waals surface area contributed by atoms with Crippen molar-refractivity contribution in [2.75, 3.05) is 24.3 Å². The van der Waals surface area contributed by atoms with Crippen LogP contribution >= 0.6 is 11.8 Å². The number of fused-ring (bicyclic) bond motifs is 1. The number of nitrogens with two attached hydrogens (primary N) is 1. The summed E-state index contributed by atoms with van der Waals surface area (Å²) in [7, 11) is 0. The number of nitriles is 1. The Labute approximate surface area is 169 Å². The molecule has 0 aliphatic carbocycles. The number of nitrogens with zero attached hydrogens (tertiary/aromatic N) is 3. The van der Waals surface area contributed by atoms with Crippen LogP contribution in [0.15, 0.2) is 41.5 Å². The fourth-order valence-electron chi connectivity index (χ4n) is 3.40. The number of thioether (sulfide) groups is 1. The van der Waals surface area contributed by atoms with E-state index in [1.54, 1.807) is 0 Å². The fraction of sp³-hybridized carbons (Fsp3) is 0.263. The van der Waals surface area contributed by atoms with Crippen molar-refractivity contribution >= 4 is 28.5 Å². The monoisotopic (exact) mass is 415 g/mol. The summed E-state index contributed by atoms with van der Waals surface area (Å²) in [5, 5.41) is 11.6. The molecule has 0 bridgehead atoms. The number of carbonyl (C=O) groups is 1. The average Bonchev–Trinajstić information content (AvgIpc) is 3.06. The molecule has 0 unspecified atom stereocenters. The molecule has 29 heavy (non-hydrogen) atoms. The van der Waals surface area contributed by atoms with Crippen molar-refractivity contribution in [2.24, 2.45) is 10.7 Å². The molecule has 0 saturated carbocycles. The third-order valence-corrected chi connectivity index (χ3v) is 5.92. The van der Waals surface area contributed by atoms with Crippen LogP contribution < -0.4 is 11.1 Å². The van der Waals surface area contributed by atoms with Crippen molar-refractivity contribution in [1.82, 2.24) is 4.98 Å². The molecule has 1 aromatic heterocycles. The number of rotatable bonds is 3. The summed E-state index contributed by atoms with van der Waals surface area (Å²) in [5.41, 5.74) is 2.88. The van der Waals surface area contributed by atoms with Gasteiger partial charge in [0.1, 0.15) is 17.6 Å². The second-order valence-electron chi connectivity index (χ2n) is 6.75. The number of hydrogen-bond acceptors (Lipinski definition) is 7. The van der Waals surface area contributed by atoms with E-state index in [-0.39, 0.29) is 41.1 Å². The Hall–Kier alpha value is -3.03. The van der Waals surface area contributed by atoms with Crippen molar-refractivity contribution in [3.8, 4) is 6.07 Å². The third kappa shape index (κ3) is 3.22. The van der Waals surface area contributed by atoms with E-state index < -0.39 is 22.9 Å². The SMILES string of the molecule is N#Cc1ccc(C(=O)Nc2ccc(F)c([C@]34COC[C@@]3(F)CSC(N)=N4)c2)nc1. The number of benzene rings is 1. The molecule has 1 amide bonds. The molecule has 2 atom stereocenters. The van der Waals surface area contributed by atoms with E-state index in [1.165, 1.54) is 30.5 Å². The number of amides is 1. The van der Waals surface area contributed by atoms with Gasteiger partial charge in [0.15, 0.2) is 16.4 Å². The lowest BCUT2D eigenvalue weighted by Crippen LogP contribution is -2.52. The highest BCUT2D eigenvalue weighted by atomic mass is 32.2. The lowest BCUT2D eigenvalue weighted by molar-refractivity contribution is 0.102. The summed E-state index contributed by atoms with van der Waals surface area (Å²) in [4.78, 5) is 20.6. The van der Waals surface area contributed by atoms with Crippen LogP contribution in [-0.4, -0.2) is 40.7 Å². The number of ether oxygens (including phenoxy) is 1. The predicted octanol–water partition coefficient (Wildman–Crippen LogP) is 2.34. The number of carbonyl (C=O) groups excluding carboxylic acids is 1. The average molecular weight is 415 g/mol. The molecule has 3 heterocycles. The van der Waals surface area contributed by atoms with Crippen LogP contribution in [0.5, 0.6) is 0 Å². The smallest absolute Gasteiger partial charge is 0.274 e. The maximum absolute atomic E-state index is 15.6. The lowest BCUT2D eigenvalue weighted by Gasteiger charge is -2.38. The quantitative estimate of drug-likeness (QED) is 0.796. The molecule has 2 aliphatic heterocycles. The van der Waals surface area contributed by atoms with Gasteiger partial charge in [-0.1, -0.05) is 11.8 Å². The minimum atomic E-state index is -1.92. The number of amidine groups is 1. The van der Waals surface area contributed by atoms with Gasteiger partial charge in [0.2, 0.25) is 0 Å². The number of alkyl halides is 1. The molecule has 2 aliphatic rings. The van der Waals surface area contributed by atoms with Crippen molar-refractivity contribution in [3.05, 3.63) is 59.2 Å². The number of anilines is 1. The molecular formula is C19H15F2N5O2S. The van der Waals surface area contributed by atoms with E-state index in [1.807, 2.05) is 6.07 Å². The number of pyridine rings is 1. The minimum Gasteiger partial charge on any atom is -0.379 e. The number of halogens is 2. The van der Waals surface area contributed by atoms with Crippen molar-refractivity contribution in [3.63, 3.8) is 0 Å². The maximum Gasteiger partial charge on any atom is 0.274 e. The standard InChI is InChI=1S/C19H15F2N5O2S/c20-14-3-2-12(25-16(27)15-4-1-11(6-22)7-24-15)5-13(14)19-9-28-8-18(19,21)10-29-17(23)26-19/h1-5,7H,8-10H2,(H2,23,26)(H,25,27)/t18-,19-/m1/s1. The van der Waals surface area contributed by atoms with E-state index in [2.05, 4.69) is 15.3 Å².